The summed E-state index contributed by atoms with van der Waals surface area (Å²) in [7, 11) is 0. The second-order valence-corrected chi connectivity index (χ2v) is 5.50. The van der Waals surface area contributed by atoms with Crippen molar-refractivity contribution in [3.05, 3.63) is 64.1 Å². The molecule has 0 bridgehead atoms. The first kappa shape index (κ1) is 15.0. The smallest absolute Gasteiger partial charge is 0.255 e. The molecule has 0 radical (unpaired) electrons. The third-order valence-corrected chi connectivity index (χ3v) is 3.95. The van der Waals surface area contributed by atoms with Crippen LogP contribution < -0.4 is 10.5 Å². The van der Waals surface area contributed by atoms with Crippen LogP contribution in [0.2, 0.25) is 0 Å². The summed E-state index contributed by atoms with van der Waals surface area (Å²) in [6.07, 6.45) is 1.38. The normalized spacial score (nSPS) is 14.9. The van der Waals surface area contributed by atoms with E-state index in [0.29, 0.717) is 18.7 Å². The fourth-order valence-electron chi connectivity index (χ4n) is 2.69. The molecular formula is C17H17N3O3. The van der Waals surface area contributed by atoms with E-state index in [1.165, 1.54) is 23.2 Å². The zero-order valence-electron chi connectivity index (χ0n) is 12.8. The summed E-state index contributed by atoms with van der Waals surface area (Å²) in [5, 5.41) is 0. The average molecular weight is 311 g/mol. The van der Waals surface area contributed by atoms with E-state index >= 15 is 0 Å². The quantitative estimate of drug-likeness (QED) is 0.905. The molecule has 3 rings (SSSR count). The first-order valence-electron chi connectivity index (χ1n) is 7.40. The third-order valence-electron chi connectivity index (χ3n) is 3.95. The number of amides is 2. The van der Waals surface area contributed by atoms with Gasteiger partial charge in [-0.3, -0.25) is 14.4 Å². The molecule has 0 saturated carbocycles. The van der Waals surface area contributed by atoms with Crippen molar-refractivity contribution in [1.82, 2.24) is 9.88 Å². The fourth-order valence-corrected chi connectivity index (χ4v) is 2.69. The number of nitrogens with zero attached hydrogens (tertiary/aromatic N) is 2. The average Bonchev–Trinajstić information content (AvgIpc) is 2.56. The van der Waals surface area contributed by atoms with E-state index in [1.807, 2.05) is 31.2 Å². The van der Waals surface area contributed by atoms with Crippen molar-refractivity contribution >= 4 is 17.5 Å². The number of hydrogen-bond donors (Lipinski definition) is 1. The molecule has 2 heterocycles. The zero-order chi connectivity index (χ0) is 16.4. The van der Waals surface area contributed by atoms with Crippen molar-refractivity contribution < 1.29 is 9.59 Å². The topological polar surface area (TPSA) is 73.5 Å². The molecule has 1 fully saturated rings. The summed E-state index contributed by atoms with van der Waals surface area (Å²) < 4.78 is 0. The number of pyridine rings is 1. The van der Waals surface area contributed by atoms with Crippen molar-refractivity contribution in [2.75, 3.05) is 24.5 Å². The maximum absolute atomic E-state index is 12.4. The van der Waals surface area contributed by atoms with Gasteiger partial charge in [0.05, 0.1) is 5.56 Å². The van der Waals surface area contributed by atoms with Gasteiger partial charge in [-0.05, 0) is 24.6 Å². The first-order valence-corrected chi connectivity index (χ1v) is 7.40. The monoisotopic (exact) mass is 311 g/mol. The van der Waals surface area contributed by atoms with Crippen LogP contribution in [0.25, 0.3) is 0 Å². The van der Waals surface area contributed by atoms with Gasteiger partial charge < -0.3 is 14.8 Å². The number of carbonyl (C=O) groups excluding carboxylic acids is 2. The Kier molecular flexibility index (Phi) is 3.97. The zero-order valence-corrected chi connectivity index (χ0v) is 12.8. The molecule has 0 spiro atoms. The lowest BCUT2D eigenvalue weighted by molar-refractivity contribution is -0.120. The van der Waals surface area contributed by atoms with Gasteiger partial charge in [-0.15, -0.1) is 0 Å². The summed E-state index contributed by atoms with van der Waals surface area (Å²) in [5.41, 5.74) is 2.03. The number of piperazine rings is 1. The highest BCUT2D eigenvalue weighted by Gasteiger charge is 2.29. The molecule has 118 valence electrons. The van der Waals surface area contributed by atoms with Gasteiger partial charge in [0.2, 0.25) is 11.5 Å². The molecule has 0 atom stereocenters. The minimum atomic E-state index is -0.262. The summed E-state index contributed by atoms with van der Waals surface area (Å²) in [6, 6.07) is 10.5. The first-order chi connectivity index (χ1) is 11.1. The largest absolute Gasteiger partial charge is 0.328 e. The summed E-state index contributed by atoms with van der Waals surface area (Å²) in [6.45, 7) is 2.91. The molecule has 6 nitrogen and oxygen atoms in total. The van der Waals surface area contributed by atoms with Gasteiger partial charge in [0.1, 0.15) is 6.54 Å². The molecule has 2 amide bonds. The summed E-state index contributed by atoms with van der Waals surface area (Å²) in [4.78, 5) is 41.6. The van der Waals surface area contributed by atoms with Gasteiger partial charge >= 0.3 is 0 Å². The lowest BCUT2D eigenvalue weighted by Crippen LogP contribution is -2.52. The second-order valence-electron chi connectivity index (χ2n) is 5.50. The lowest BCUT2D eigenvalue weighted by Gasteiger charge is -2.35. The second kappa shape index (κ2) is 6.08. The number of aromatic nitrogens is 1. The Morgan fingerprint density at radius 3 is 2.52 bits per heavy atom. The van der Waals surface area contributed by atoms with Crippen molar-refractivity contribution in [3.63, 3.8) is 0 Å². The third kappa shape index (κ3) is 3.01. The van der Waals surface area contributed by atoms with Crippen LogP contribution in [0.1, 0.15) is 15.9 Å². The Labute approximate surface area is 133 Å². The van der Waals surface area contributed by atoms with Crippen molar-refractivity contribution in [2.24, 2.45) is 0 Å². The van der Waals surface area contributed by atoms with Crippen LogP contribution in [0.4, 0.5) is 5.69 Å². The van der Waals surface area contributed by atoms with Crippen LogP contribution in [-0.2, 0) is 4.79 Å². The molecule has 1 aromatic heterocycles. The minimum Gasteiger partial charge on any atom is -0.328 e. The number of rotatable bonds is 2. The molecule has 2 aromatic rings. The molecule has 1 aliphatic rings. The van der Waals surface area contributed by atoms with Crippen LogP contribution in [0.15, 0.2) is 47.4 Å². The Bertz CT molecular complexity index is 792. The maximum atomic E-state index is 12.4. The van der Waals surface area contributed by atoms with Crippen molar-refractivity contribution in [1.29, 1.82) is 0 Å². The van der Waals surface area contributed by atoms with Crippen LogP contribution in [0.3, 0.4) is 0 Å². The molecular weight excluding hydrogens is 294 g/mol. The Hall–Kier alpha value is -2.89. The number of anilines is 1. The molecule has 23 heavy (non-hydrogen) atoms. The number of H-pyrrole nitrogens is 1. The van der Waals surface area contributed by atoms with E-state index in [9.17, 15) is 14.4 Å². The highest BCUT2D eigenvalue weighted by molar-refractivity contribution is 6.01. The van der Waals surface area contributed by atoms with Gasteiger partial charge in [-0.25, -0.2) is 0 Å². The van der Waals surface area contributed by atoms with E-state index in [2.05, 4.69) is 4.98 Å². The fraction of sp³-hybridized carbons (Fsp3) is 0.235. The maximum Gasteiger partial charge on any atom is 0.255 e. The van der Waals surface area contributed by atoms with Crippen molar-refractivity contribution in [2.45, 2.75) is 6.92 Å². The van der Waals surface area contributed by atoms with Gasteiger partial charge in [0, 0.05) is 31.0 Å². The Morgan fingerprint density at radius 2 is 1.87 bits per heavy atom. The van der Waals surface area contributed by atoms with Gasteiger partial charge in [-0.2, -0.15) is 0 Å². The molecule has 1 aliphatic heterocycles. The highest BCUT2D eigenvalue weighted by atomic mass is 16.2. The van der Waals surface area contributed by atoms with E-state index in [0.717, 1.165) is 11.3 Å². The van der Waals surface area contributed by atoms with E-state index in [4.69, 9.17) is 0 Å². The molecule has 0 aliphatic carbocycles. The number of benzene rings is 1. The number of para-hydroxylation sites is 1. The van der Waals surface area contributed by atoms with E-state index in [1.54, 1.807) is 4.90 Å². The predicted molar refractivity (Wildman–Crippen MR) is 86.5 cm³/mol. The number of nitrogens with one attached hydrogen (secondary N) is 1. The number of hydrogen-bond acceptors (Lipinski definition) is 3. The molecule has 0 unspecified atom stereocenters. The minimum absolute atomic E-state index is 0.0340. The predicted octanol–water partition coefficient (Wildman–Crippen LogP) is 1.17. The van der Waals surface area contributed by atoms with Crippen LogP contribution >= 0.6 is 0 Å². The molecule has 1 N–H and O–H groups in total. The number of aryl methyl sites for hydroxylation is 1. The number of carbonyl (C=O) groups is 2. The van der Waals surface area contributed by atoms with Gasteiger partial charge in [0.15, 0.2) is 0 Å². The molecule has 1 saturated heterocycles. The van der Waals surface area contributed by atoms with Crippen LogP contribution in [0.5, 0.6) is 0 Å². The van der Waals surface area contributed by atoms with Crippen LogP contribution in [0, 0.1) is 6.92 Å². The number of aromatic amines is 1. The van der Waals surface area contributed by atoms with E-state index < -0.39 is 0 Å². The Balaban J connectivity index is 1.75. The van der Waals surface area contributed by atoms with Crippen LogP contribution in [-0.4, -0.2) is 41.3 Å². The SMILES string of the molecule is Cc1ccccc1N1CCN(C(=O)c2ccc(=O)[nH]c2)CC1=O. The standard InChI is InChI=1S/C17H17N3O3/c1-12-4-2-3-5-14(12)20-9-8-19(11-16(20)22)17(23)13-6-7-15(21)18-10-13/h2-7,10H,8-9,11H2,1H3,(H,18,21). The van der Waals surface area contributed by atoms with Gasteiger partial charge in [0.25, 0.3) is 5.91 Å². The van der Waals surface area contributed by atoms with Gasteiger partial charge in [-0.1, -0.05) is 18.2 Å². The molecule has 1 aromatic carbocycles. The summed E-state index contributed by atoms with van der Waals surface area (Å²) in [5.74, 6) is -0.359. The Morgan fingerprint density at radius 1 is 1.09 bits per heavy atom. The molecule has 6 heteroatoms. The lowest BCUT2D eigenvalue weighted by atomic mass is 10.1. The van der Waals surface area contributed by atoms with E-state index in [-0.39, 0.29) is 23.9 Å². The van der Waals surface area contributed by atoms with Crippen molar-refractivity contribution in [3.8, 4) is 0 Å². The summed E-state index contributed by atoms with van der Waals surface area (Å²) >= 11 is 0. The highest BCUT2D eigenvalue weighted by Crippen LogP contribution is 2.22.